The zero-order valence-electron chi connectivity index (χ0n) is 18.2. The van der Waals surface area contributed by atoms with E-state index in [2.05, 4.69) is 22.0 Å². The van der Waals surface area contributed by atoms with Crippen molar-refractivity contribution in [3.8, 4) is 5.75 Å². The van der Waals surface area contributed by atoms with Gasteiger partial charge in [-0.2, -0.15) is 0 Å². The van der Waals surface area contributed by atoms with Gasteiger partial charge in [0, 0.05) is 36.7 Å². The summed E-state index contributed by atoms with van der Waals surface area (Å²) in [5.74, 6) is 0.578. The Morgan fingerprint density at radius 2 is 1.87 bits per heavy atom. The summed E-state index contributed by atoms with van der Waals surface area (Å²) in [6.07, 6.45) is 10.0. The predicted molar refractivity (Wildman–Crippen MR) is 122 cm³/mol. The van der Waals surface area contributed by atoms with Crippen molar-refractivity contribution in [2.24, 2.45) is 0 Å². The lowest BCUT2D eigenvalue weighted by molar-refractivity contribution is 0.0749. The molecule has 6 heteroatoms. The zero-order valence-corrected chi connectivity index (χ0v) is 19.0. The number of nitrogens with one attached hydrogen (secondary N) is 1. The number of carbonyl (C=O) groups excluding carboxylic acids is 1. The summed E-state index contributed by atoms with van der Waals surface area (Å²) < 4.78 is 6.33. The van der Waals surface area contributed by atoms with E-state index in [9.17, 15) is 4.79 Å². The molecule has 1 aromatic rings. The average Bonchev–Trinajstić information content (AvgIpc) is 3.45. The van der Waals surface area contributed by atoms with Crippen molar-refractivity contribution in [3.05, 3.63) is 28.8 Å². The molecule has 1 aromatic carbocycles. The molecule has 4 rings (SSSR count). The molecule has 0 radical (unpaired) electrons. The Morgan fingerprint density at radius 3 is 2.60 bits per heavy atom. The predicted octanol–water partition coefficient (Wildman–Crippen LogP) is 4.34. The molecule has 0 bridgehead atoms. The van der Waals surface area contributed by atoms with Gasteiger partial charge < -0.3 is 15.0 Å². The summed E-state index contributed by atoms with van der Waals surface area (Å²) in [5.41, 5.74) is 0.557. The van der Waals surface area contributed by atoms with Crippen molar-refractivity contribution in [1.29, 1.82) is 0 Å². The molecule has 5 nitrogen and oxygen atoms in total. The van der Waals surface area contributed by atoms with Crippen LogP contribution in [0, 0.1) is 0 Å². The summed E-state index contributed by atoms with van der Waals surface area (Å²) in [5, 5.41) is 3.70. The molecule has 3 fully saturated rings. The summed E-state index contributed by atoms with van der Waals surface area (Å²) in [6.45, 7) is 7.21. The molecule has 1 unspecified atom stereocenters. The van der Waals surface area contributed by atoms with Crippen molar-refractivity contribution in [2.75, 3.05) is 32.7 Å². The lowest BCUT2D eigenvalue weighted by Crippen LogP contribution is -2.43. The second-order valence-corrected chi connectivity index (χ2v) is 9.50. The van der Waals surface area contributed by atoms with Crippen LogP contribution in [0.15, 0.2) is 18.2 Å². The van der Waals surface area contributed by atoms with Gasteiger partial charge in [-0.1, -0.05) is 31.4 Å². The number of benzene rings is 1. The topological polar surface area (TPSA) is 44.8 Å². The maximum atomic E-state index is 13.0. The summed E-state index contributed by atoms with van der Waals surface area (Å²) in [4.78, 5) is 18.0. The van der Waals surface area contributed by atoms with E-state index < -0.39 is 0 Å². The second kappa shape index (κ2) is 10.3. The number of ether oxygens (including phenoxy) is 1. The Kier molecular flexibility index (Phi) is 7.55. The van der Waals surface area contributed by atoms with Crippen LogP contribution >= 0.6 is 11.6 Å². The van der Waals surface area contributed by atoms with Crippen molar-refractivity contribution < 1.29 is 9.53 Å². The van der Waals surface area contributed by atoms with Gasteiger partial charge in [0.2, 0.25) is 0 Å². The number of likely N-dealkylation sites (N-methyl/N-ethyl adjacent to an activating group) is 1. The summed E-state index contributed by atoms with van der Waals surface area (Å²) in [6, 6.07) is 6.63. The van der Waals surface area contributed by atoms with Crippen molar-refractivity contribution in [3.63, 3.8) is 0 Å². The fourth-order valence-electron chi connectivity index (χ4n) is 5.44. The molecule has 1 amide bonds. The van der Waals surface area contributed by atoms with Gasteiger partial charge >= 0.3 is 0 Å². The third-order valence-electron chi connectivity index (χ3n) is 7.20. The lowest BCUT2D eigenvalue weighted by Gasteiger charge is -2.36. The van der Waals surface area contributed by atoms with Crippen LogP contribution in [0.4, 0.5) is 0 Å². The molecule has 1 aliphatic carbocycles. The molecule has 1 saturated carbocycles. The molecule has 2 heterocycles. The first-order valence-electron chi connectivity index (χ1n) is 11.9. The number of hydrogen-bond donors (Lipinski definition) is 1. The number of piperidine rings is 1. The first kappa shape index (κ1) is 21.9. The van der Waals surface area contributed by atoms with Crippen LogP contribution in [-0.4, -0.2) is 66.6 Å². The minimum Gasteiger partial charge on any atom is -0.489 e. The highest BCUT2D eigenvalue weighted by atomic mass is 35.5. The van der Waals surface area contributed by atoms with E-state index >= 15 is 0 Å². The van der Waals surface area contributed by atoms with Crippen LogP contribution in [-0.2, 0) is 0 Å². The Bertz CT molecular complexity index is 714. The van der Waals surface area contributed by atoms with Crippen LogP contribution in [0.2, 0.25) is 5.02 Å². The lowest BCUT2D eigenvalue weighted by atomic mass is 10.0. The van der Waals surface area contributed by atoms with E-state index in [4.69, 9.17) is 16.3 Å². The number of halogens is 1. The van der Waals surface area contributed by atoms with Gasteiger partial charge in [0.15, 0.2) is 0 Å². The average molecular weight is 434 g/mol. The van der Waals surface area contributed by atoms with E-state index in [1.807, 2.05) is 12.1 Å². The normalized spacial score (nSPS) is 24.4. The molecule has 1 N–H and O–H groups in total. The molecule has 0 aromatic heterocycles. The molecule has 1 atom stereocenters. The highest BCUT2D eigenvalue weighted by Crippen LogP contribution is 2.29. The number of carbonyl (C=O) groups is 1. The maximum absolute atomic E-state index is 13.0. The Hall–Kier alpha value is -1.30. The number of likely N-dealkylation sites (tertiary alicyclic amines) is 2. The Balaban J connectivity index is 1.34. The molecule has 3 aliphatic rings. The van der Waals surface area contributed by atoms with Gasteiger partial charge in [-0.15, -0.1) is 0 Å². The standard InChI is InChI=1S/C24H36ClN3O2/c1-2-27-13-5-8-20(27)17-26-24(29)22-16-18(25)9-10-23(22)30-21-11-14-28(15-12-21)19-6-3-4-7-19/h9-10,16,19-21H,2-8,11-15,17H2,1H3,(H,26,29). The smallest absolute Gasteiger partial charge is 0.255 e. The third kappa shape index (κ3) is 5.30. The van der Waals surface area contributed by atoms with Crippen molar-refractivity contribution in [1.82, 2.24) is 15.1 Å². The van der Waals surface area contributed by atoms with Crippen LogP contribution in [0.1, 0.15) is 68.6 Å². The quantitative estimate of drug-likeness (QED) is 0.694. The van der Waals surface area contributed by atoms with Gasteiger partial charge in [-0.3, -0.25) is 9.69 Å². The number of amides is 1. The molecule has 2 saturated heterocycles. The van der Waals surface area contributed by atoms with E-state index in [1.54, 1.807) is 6.07 Å². The van der Waals surface area contributed by atoms with Gasteiger partial charge in [-0.05, 0) is 69.8 Å². The maximum Gasteiger partial charge on any atom is 0.255 e. The van der Waals surface area contributed by atoms with E-state index in [0.717, 1.165) is 51.5 Å². The SMILES string of the molecule is CCN1CCCC1CNC(=O)c1cc(Cl)ccc1OC1CCN(C2CCCC2)CC1. The highest BCUT2D eigenvalue weighted by molar-refractivity contribution is 6.31. The molecular formula is C24H36ClN3O2. The van der Waals surface area contributed by atoms with Crippen LogP contribution in [0.3, 0.4) is 0 Å². The van der Waals surface area contributed by atoms with Gasteiger partial charge in [0.25, 0.3) is 5.91 Å². The first-order valence-corrected chi connectivity index (χ1v) is 12.2. The first-order chi connectivity index (χ1) is 14.6. The van der Waals surface area contributed by atoms with E-state index in [0.29, 0.717) is 28.9 Å². The van der Waals surface area contributed by atoms with Crippen LogP contribution in [0.5, 0.6) is 5.75 Å². The van der Waals surface area contributed by atoms with Gasteiger partial charge in [0.1, 0.15) is 11.9 Å². The van der Waals surface area contributed by atoms with Gasteiger partial charge in [0.05, 0.1) is 5.56 Å². The third-order valence-corrected chi connectivity index (χ3v) is 7.44. The molecule has 166 valence electrons. The minimum absolute atomic E-state index is 0.0844. The van der Waals surface area contributed by atoms with Crippen molar-refractivity contribution in [2.45, 2.75) is 76.5 Å². The zero-order chi connectivity index (χ0) is 20.9. The molecule has 2 aliphatic heterocycles. The largest absolute Gasteiger partial charge is 0.489 e. The summed E-state index contributed by atoms with van der Waals surface area (Å²) in [7, 11) is 0. The number of hydrogen-bond acceptors (Lipinski definition) is 4. The van der Waals surface area contributed by atoms with Gasteiger partial charge in [-0.25, -0.2) is 0 Å². The Morgan fingerprint density at radius 1 is 1.10 bits per heavy atom. The second-order valence-electron chi connectivity index (χ2n) is 9.07. The monoisotopic (exact) mass is 433 g/mol. The van der Waals surface area contributed by atoms with E-state index in [1.165, 1.54) is 32.1 Å². The number of nitrogens with zero attached hydrogens (tertiary/aromatic N) is 2. The fourth-order valence-corrected chi connectivity index (χ4v) is 5.61. The van der Waals surface area contributed by atoms with Crippen LogP contribution in [0.25, 0.3) is 0 Å². The number of rotatable bonds is 7. The molecule has 30 heavy (non-hydrogen) atoms. The van der Waals surface area contributed by atoms with Crippen LogP contribution < -0.4 is 10.1 Å². The summed E-state index contributed by atoms with van der Waals surface area (Å²) >= 11 is 6.22. The highest BCUT2D eigenvalue weighted by Gasteiger charge is 2.29. The minimum atomic E-state index is -0.0844. The fraction of sp³-hybridized carbons (Fsp3) is 0.708. The molecule has 0 spiro atoms. The Labute approximate surface area is 186 Å². The van der Waals surface area contributed by atoms with Crippen molar-refractivity contribution >= 4 is 17.5 Å². The molecular weight excluding hydrogens is 398 g/mol. The van der Waals surface area contributed by atoms with E-state index in [-0.39, 0.29) is 12.0 Å².